The highest BCUT2D eigenvalue weighted by Crippen LogP contribution is 2.23. The SMILES string of the molecule is Cn1cnc2c1CC(CO)N(C(=O)c1ccccn1)C2. The minimum atomic E-state index is -0.229. The molecule has 1 amide bonds. The summed E-state index contributed by atoms with van der Waals surface area (Å²) in [7, 11) is 1.93. The number of aryl methyl sites for hydroxylation is 1. The Morgan fingerprint density at radius 3 is 3.00 bits per heavy atom. The van der Waals surface area contributed by atoms with Crippen molar-refractivity contribution in [2.75, 3.05) is 6.61 Å². The topological polar surface area (TPSA) is 71.2 Å². The summed E-state index contributed by atoms with van der Waals surface area (Å²) in [5.74, 6) is -0.166. The molecule has 6 nitrogen and oxygen atoms in total. The van der Waals surface area contributed by atoms with E-state index in [9.17, 15) is 9.90 Å². The van der Waals surface area contributed by atoms with Gasteiger partial charge in [-0.25, -0.2) is 4.98 Å². The molecule has 20 heavy (non-hydrogen) atoms. The van der Waals surface area contributed by atoms with Crippen LogP contribution in [0.2, 0.25) is 0 Å². The Labute approximate surface area is 116 Å². The lowest BCUT2D eigenvalue weighted by Gasteiger charge is -2.34. The van der Waals surface area contributed by atoms with Gasteiger partial charge in [0, 0.05) is 25.4 Å². The van der Waals surface area contributed by atoms with Gasteiger partial charge >= 0.3 is 0 Å². The number of aliphatic hydroxyl groups is 1. The van der Waals surface area contributed by atoms with Crippen LogP contribution in [0, 0.1) is 0 Å². The molecule has 1 atom stereocenters. The summed E-state index contributed by atoms with van der Waals surface area (Å²) in [5.41, 5.74) is 2.36. The summed E-state index contributed by atoms with van der Waals surface area (Å²) in [6, 6.07) is 5.01. The van der Waals surface area contributed by atoms with Crippen molar-refractivity contribution in [3.63, 3.8) is 0 Å². The minimum Gasteiger partial charge on any atom is -0.394 e. The summed E-state index contributed by atoms with van der Waals surface area (Å²) >= 11 is 0. The third kappa shape index (κ3) is 2.08. The Kier molecular flexibility index (Phi) is 3.23. The number of pyridine rings is 1. The quantitative estimate of drug-likeness (QED) is 0.857. The number of aliphatic hydroxyl groups excluding tert-OH is 1. The molecule has 0 aliphatic carbocycles. The predicted octanol–water partition coefficient (Wildman–Crippen LogP) is 0.374. The van der Waals surface area contributed by atoms with Crippen molar-refractivity contribution in [3.8, 4) is 0 Å². The molecular weight excluding hydrogens is 256 g/mol. The first-order chi connectivity index (χ1) is 9.70. The van der Waals surface area contributed by atoms with Gasteiger partial charge < -0.3 is 14.6 Å². The highest BCUT2D eigenvalue weighted by Gasteiger charge is 2.32. The van der Waals surface area contributed by atoms with E-state index in [0.717, 1.165) is 11.4 Å². The van der Waals surface area contributed by atoms with E-state index in [1.165, 1.54) is 0 Å². The van der Waals surface area contributed by atoms with E-state index < -0.39 is 0 Å². The third-order valence-corrected chi connectivity index (χ3v) is 3.69. The van der Waals surface area contributed by atoms with Crippen molar-refractivity contribution in [2.24, 2.45) is 7.05 Å². The van der Waals surface area contributed by atoms with Crippen LogP contribution in [-0.2, 0) is 20.0 Å². The molecule has 0 fully saturated rings. The average Bonchev–Trinajstić information content (AvgIpc) is 2.87. The lowest BCUT2D eigenvalue weighted by molar-refractivity contribution is 0.0530. The molecule has 0 saturated carbocycles. The van der Waals surface area contributed by atoms with Gasteiger partial charge in [-0.15, -0.1) is 0 Å². The molecule has 6 heteroatoms. The molecule has 1 aliphatic heterocycles. The van der Waals surface area contributed by atoms with Crippen LogP contribution in [0.1, 0.15) is 21.9 Å². The lowest BCUT2D eigenvalue weighted by atomic mass is 10.0. The number of carbonyl (C=O) groups is 1. The molecule has 3 heterocycles. The van der Waals surface area contributed by atoms with Crippen LogP contribution >= 0.6 is 0 Å². The maximum atomic E-state index is 12.5. The smallest absolute Gasteiger partial charge is 0.273 e. The summed E-state index contributed by atoms with van der Waals surface area (Å²) < 4.78 is 1.95. The van der Waals surface area contributed by atoms with E-state index in [1.807, 2.05) is 11.6 Å². The van der Waals surface area contributed by atoms with Gasteiger partial charge in [-0.05, 0) is 12.1 Å². The largest absolute Gasteiger partial charge is 0.394 e. The third-order valence-electron chi connectivity index (χ3n) is 3.69. The molecule has 1 aliphatic rings. The van der Waals surface area contributed by atoms with Gasteiger partial charge in [-0.3, -0.25) is 9.78 Å². The first kappa shape index (κ1) is 12.8. The van der Waals surface area contributed by atoms with Crippen molar-refractivity contribution >= 4 is 5.91 Å². The van der Waals surface area contributed by atoms with Gasteiger partial charge in [0.1, 0.15) is 5.69 Å². The standard InChI is InChI=1S/C14H16N4O2/c1-17-9-16-12-7-18(10(8-19)6-13(12)17)14(20)11-4-2-3-5-15-11/h2-5,9-10,19H,6-8H2,1H3. The average molecular weight is 272 g/mol. The second-order valence-electron chi connectivity index (χ2n) is 4.94. The Morgan fingerprint density at radius 1 is 1.45 bits per heavy atom. The summed E-state index contributed by atoms with van der Waals surface area (Å²) in [4.78, 5) is 22.6. The first-order valence-electron chi connectivity index (χ1n) is 6.52. The molecule has 104 valence electrons. The van der Waals surface area contributed by atoms with Crippen molar-refractivity contribution in [2.45, 2.75) is 19.0 Å². The first-order valence-corrected chi connectivity index (χ1v) is 6.52. The normalized spacial score (nSPS) is 17.9. The van der Waals surface area contributed by atoms with Crippen molar-refractivity contribution < 1.29 is 9.90 Å². The maximum Gasteiger partial charge on any atom is 0.273 e. The molecule has 0 aromatic carbocycles. The van der Waals surface area contributed by atoms with E-state index in [2.05, 4.69) is 9.97 Å². The van der Waals surface area contributed by atoms with Crippen LogP contribution in [0.5, 0.6) is 0 Å². The Hall–Kier alpha value is -2.21. The van der Waals surface area contributed by atoms with Crippen LogP contribution in [-0.4, -0.2) is 43.1 Å². The molecule has 1 unspecified atom stereocenters. The fraction of sp³-hybridized carbons (Fsp3) is 0.357. The molecule has 0 bridgehead atoms. The second kappa shape index (κ2) is 5.05. The number of rotatable bonds is 2. The van der Waals surface area contributed by atoms with E-state index in [-0.39, 0.29) is 18.6 Å². The zero-order valence-electron chi connectivity index (χ0n) is 11.2. The molecule has 0 spiro atoms. The molecule has 2 aromatic rings. The molecule has 2 aromatic heterocycles. The van der Waals surface area contributed by atoms with E-state index in [4.69, 9.17) is 0 Å². The number of nitrogens with zero attached hydrogens (tertiary/aromatic N) is 4. The molecule has 1 N–H and O–H groups in total. The molecular formula is C14H16N4O2. The zero-order valence-corrected chi connectivity index (χ0v) is 11.2. The number of hydrogen-bond acceptors (Lipinski definition) is 4. The fourth-order valence-corrected chi connectivity index (χ4v) is 2.56. The minimum absolute atomic E-state index is 0.0663. The van der Waals surface area contributed by atoms with Gasteiger partial charge in [0.2, 0.25) is 0 Å². The monoisotopic (exact) mass is 272 g/mol. The Bertz CT molecular complexity index is 623. The van der Waals surface area contributed by atoms with Crippen LogP contribution in [0.25, 0.3) is 0 Å². The van der Waals surface area contributed by atoms with Gasteiger partial charge in [0.25, 0.3) is 5.91 Å². The molecule has 0 saturated heterocycles. The van der Waals surface area contributed by atoms with Crippen LogP contribution in [0.15, 0.2) is 30.7 Å². The fourth-order valence-electron chi connectivity index (χ4n) is 2.56. The highest BCUT2D eigenvalue weighted by molar-refractivity contribution is 5.92. The van der Waals surface area contributed by atoms with Gasteiger partial charge in [0.05, 0.1) is 31.2 Å². The number of imidazole rings is 1. The van der Waals surface area contributed by atoms with E-state index in [1.54, 1.807) is 35.6 Å². The predicted molar refractivity (Wildman–Crippen MR) is 71.9 cm³/mol. The number of carbonyl (C=O) groups excluding carboxylic acids is 1. The second-order valence-corrected chi connectivity index (χ2v) is 4.94. The number of aromatic nitrogens is 3. The molecule has 0 radical (unpaired) electrons. The van der Waals surface area contributed by atoms with Crippen molar-refractivity contribution in [3.05, 3.63) is 47.8 Å². The van der Waals surface area contributed by atoms with Crippen molar-refractivity contribution in [1.29, 1.82) is 0 Å². The van der Waals surface area contributed by atoms with E-state index in [0.29, 0.717) is 18.7 Å². The summed E-state index contributed by atoms with van der Waals surface area (Å²) in [6.07, 6.45) is 3.95. The summed E-state index contributed by atoms with van der Waals surface area (Å²) in [6.45, 7) is 0.347. The van der Waals surface area contributed by atoms with Crippen LogP contribution < -0.4 is 0 Å². The number of amides is 1. The zero-order chi connectivity index (χ0) is 14.1. The van der Waals surface area contributed by atoms with Gasteiger partial charge in [-0.1, -0.05) is 6.07 Å². The highest BCUT2D eigenvalue weighted by atomic mass is 16.3. The maximum absolute atomic E-state index is 12.5. The number of fused-ring (bicyclic) bond motifs is 1. The van der Waals surface area contributed by atoms with Gasteiger partial charge in [0.15, 0.2) is 0 Å². The Balaban J connectivity index is 1.91. The Morgan fingerprint density at radius 2 is 2.30 bits per heavy atom. The molecule has 3 rings (SSSR count). The van der Waals surface area contributed by atoms with Gasteiger partial charge in [-0.2, -0.15) is 0 Å². The van der Waals surface area contributed by atoms with Crippen LogP contribution in [0.3, 0.4) is 0 Å². The summed E-state index contributed by atoms with van der Waals surface area (Å²) in [5, 5.41) is 9.57. The van der Waals surface area contributed by atoms with Crippen molar-refractivity contribution in [1.82, 2.24) is 19.4 Å². The lowest BCUT2D eigenvalue weighted by Crippen LogP contribution is -2.46. The van der Waals surface area contributed by atoms with E-state index >= 15 is 0 Å². The number of hydrogen-bond donors (Lipinski definition) is 1. The van der Waals surface area contributed by atoms with Crippen LogP contribution in [0.4, 0.5) is 0 Å².